The molecule has 4 aromatic carbocycles. The van der Waals surface area contributed by atoms with Crippen molar-refractivity contribution in [3.05, 3.63) is 131 Å². The van der Waals surface area contributed by atoms with Gasteiger partial charge in [-0.25, -0.2) is 12.8 Å². The maximum absolute atomic E-state index is 14.3. The van der Waals surface area contributed by atoms with Gasteiger partial charge in [-0.1, -0.05) is 66.7 Å². The van der Waals surface area contributed by atoms with Crippen LogP contribution < -0.4 is 9.62 Å². The summed E-state index contributed by atoms with van der Waals surface area (Å²) < 4.78 is 42.8. The highest BCUT2D eigenvalue weighted by molar-refractivity contribution is 7.92. The Hall–Kier alpha value is -4.50. The van der Waals surface area contributed by atoms with Crippen LogP contribution in [0.4, 0.5) is 10.1 Å². The Morgan fingerprint density at radius 3 is 1.95 bits per heavy atom. The number of aryl methyl sites for hydroxylation is 2. The van der Waals surface area contributed by atoms with Crippen LogP contribution in [0.2, 0.25) is 0 Å². The molecule has 4 rings (SSSR count). The van der Waals surface area contributed by atoms with Crippen molar-refractivity contribution >= 4 is 27.5 Å². The van der Waals surface area contributed by atoms with Crippen molar-refractivity contribution in [3.8, 4) is 0 Å². The van der Waals surface area contributed by atoms with E-state index in [4.69, 9.17) is 0 Å². The monoisotopic (exact) mass is 587 g/mol. The Kier molecular flexibility index (Phi) is 9.75. The van der Waals surface area contributed by atoms with Crippen LogP contribution in [0.1, 0.15) is 22.3 Å². The van der Waals surface area contributed by atoms with Crippen molar-refractivity contribution in [1.82, 2.24) is 10.2 Å². The topological polar surface area (TPSA) is 86.8 Å². The Labute approximate surface area is 246 Å². The van der Waals surface area contributed by atoms with Crippen molar-refractivity contribution in [3.63, 3.8) is 0 Å². The molecule has 1 N–H and O–H groups in total. The minimum absolute atomic E-state index is 0.0316. The Balaban J connectivity index is 1.80. The van der Waals surface area contributed by atoms with Gasteiger partial charge in [-0.15, -0.1) is 0 Å². The molecule has 42 heavy (non-hydrogen) atoms. The lowest BCUT2D eigenvalue weighted by atomic mass is 10.0. The van der Waals surface area contributed by atoms with Crippen LogP contribution in [0.15, 0.2) is 108 Å². The molecule has 0 unspecified atom stereocenters. The third-order valence-electron chi connectivity index (χ3n) is 6.89. The quantitative estimate of drug-likeness (QED) is 0.267. The molecule has 1 atom stereocenters. The third kappa shape index (κ3) is 7.41. The lowest BCUT2D eigenvalue weighted by Gasteiger charge is -2.33. The van der Waals surface area contributed by atoms with Crippen LogP contribution in [-0.2, 0) is 32.6 Å². The maximum Gasteiger partial charge on any atom is 0.264 e. The summed E-state index contributed by atoms with van der Waals surface area (Å²) in [5, 5.41) is 2.65. The van der Waals surface area contributed by atoms with Gasteiger partial charge in [0.2, 0.25) is 11.8 Å². The van der Waals surface area contributed by atoms with Gasteiger partial charge in [-0.3, -0.25) is 13.9 Å². The van der Waals surface area contributed by atoms with E-state index in [-0.39, 0.29) is 17.9 Å². The predicted octanol–water partition coefficient (Wildman–Crippen LogP) is 5.02. The van der Waals surface area contributed by atoms with Gasteiger partial charge in [0.05, 0.1) is 10.6 Å². The zero-order chi connectivity index (χ0) is 30.3. The highest BCUT2D eigenvalue weighted by Crippen LogP contribution is 2.27. The van der Waals surface area contributed by atoms with Crippen LogP contribution in [0.5, 0.6) is 0 Å². The molecule has 0 saturated carbocycles. The van der Waals surface area contributed by atoms with Gasteiger partial charge in [-0.2, -0.15) is 0 Å². The van der Waals surface area contributed by atoms with Gasteiger partial charge in [0.1, 0.15) is 18.4 Å². The van der Waals surface area contributed by atoms with Gasteiger partial charge >= 0.3 is 0 Å². The molecule has 218 valence electrons. The number of anilines is 1. The summed E-state index contributed by atoms with van der Waals surface area (Å²) in [7, 11) is -2.68. The van der Waals surface area contributed by atoms with Gasteiger partial charge in [0.15, 0.2) is 0 Å². The van der Waals surface area contributed by atoms with Crippen LogP contribution in [0.25, 0.3) is 0 Å². The minimum Gasteiger partial charge on any atom is -0.357 e. The number of halogens is 1. The highest BCUT2D eigenvalue weighted by Gasteiger charge is 2.34. The molecular weight excluding hydrogens is 553 g/mol. The molecule has 9 heteroatoms. The number of nitrogens with one attached hydrogen (secondary N) is 1. The molecule has 4 aromatic rings. The summed E-state index contributed by atoms with van der Waals surface area (Å²) in [6, 6.07) is 27.2. The Morgan fingerprint density at radius 2 is 1.38 bits per heavy atom. The van der Waals surface area contributed by atoms with E-state index in [0.717, 1.165) is 21.0 Å². The fourth-order valence-electron chi connectivity index (χ4n) is 4.85. The highest BCUT2D eigenvalue weighted by atomic mass is 32.2. The van der Waals surface area contributed by atoms with E-state index in [2.05, 4.69) is 5.32 Å². The van der Waals surface area contributed by atoms with Crippen molar-refractivity contribution in [2.24, 2.45) is 0 Å². The largest absolute Gasteiger partial charge is 0.357 e. The lowest BCUT2D eigenvalue weighted by molar-refractivity contribution is -0.139. The van der Waals surface area contributed by atoms with E-state index in [1.165, 1.54) is 36.2 Å². The first-order valence-electron chi connectivity index (χ1n) is 13.5. The van der Waals surface area contributed by atoms with Gasteiger partial charge in [-0.05, 0) is 72.5 Å². The van der Waals surface area contributed by atoms with Crippen LogP contribution in [-0.4, -0.2) is 44.8 Å². The van der Waals surface area contributed by atoms with Gasteiger partial charge in [0.25, 0.3) is 10.0 Å². The number of hydrogen-bond acceptors (Lipinski definition) is 4. The molecule has 0 aliphatic rings. The second-order valence-electron chi connectivity index (χ2n) is 10.1. The van der Waals surface area contributed by atoms with E-state index in [9.17, 15) is 22.4 Å². The normalized spacial score (nSPS) is 11.9. The Bertz CT molecular complexity index is 1610. The maximum atomic E-state index is 14.3. The molecule has 0 fully saturated rings. The van der Waals surface area contributed by atoms with Crippen LogP contribution in [0.3, 0.4) is 0 Å². The number of amides is 2. The number of sulfonamides is 1. The standard InChI is InChI=1S/C33H34FN3O4S/c1-24-18-25(2)20-29(19-24)37(42(40,41)30-12-8-5-9-13-30)23-32(38)36(22-27-14-16-28(34)17-15-27)31(33(39)35-3)21-26-10-6-4-7-11-26/h4-20,31H,21-23H2,1-3H3,(H,35,39)/t31-/m0/s1. The summed E-state index contributed by atoms with van der Waals surface area (Å²) in [5.41, 5.74) is 3.43. The number of likely N-dealkylation sites (N-methyl/N-ethyl adjacent to an activating group) is 1. The van der Waals surface area contributed by atoms with Gasteiger partial charge < -0.3 is 10.2 Å². The summed E-state index contributed by atoms with van der Waals surface area (Å²) in [6.07, 6.45) is 0.197. The molecule has 0 aliphatic carbocycles. The van der Waals surface area contributed by atoms with Crippen molar-refractivity contribution in [2.75, 3.05) is 17.9 Å². The SMILES string of the molecule is CNC(=O)[C@H](Cc1ccccc1)N(Cc1ccc(F)cc1)C(=O)CN(c1cc(C)cc(C)c1)S(=O)(=O)c1ccccc1. The lowest BCUT2D eigenvalue weighted by Crippen LogP contribution is -2.53. The number of rotatable bonds is 11. The number of nitrogens with zero attached hydrogens (tertiary/aromatic N) is 2. The molecular formula is C33H34FN3O4S. The molecule has 0 bridgehead atoms. The van der Waals surface area contributed by atoms with E-state index in [1.54, 1.807) is 42.5 Å². The number of benzene rings is 4. The molecule has 2 amide bonds. The summed E-state index contributed by atoms with van der Waals surface area (Å²) in [6.45, 7) is 3.13. The first kappa shape index (κ1) is 30.5. The molecule has 0 saturated heterocycles. The van der Waals surface area contributed by atoms with E-state index >= 15 is 0 Å². The molecule has 0 spiro atoms. The molecule has 0 heterocycles. The summed E-state index contributed by atoms with van der Waals surface area (Å²) in [4.78, 5) is 28.9. The Morgan fingerprint density at radius 1 is 0.810 bits per heavy atom. The summed E-state index contributed by atoms with van der Waals surface area (Å²) in [5.74, 6) is -1.42. The second-order valence-corrected chi connectivity index (χ2v) is 12.0. The fourth-order valence-corrected chi connectivity index (χ4v) is 6.27. The average molecular weight is 588 g/mol. The molecule has 0 radical (unpaired) electrons. The van der Waals surface area contributed by atoms with E-state index in [1.807, 2.05) is 50.2 Å². The first-order valence-corrected chi connectivity index (χ1v) is 15.0. The van der Waals surface area contributed by atoms with Crippen LogP contribution >= 0.6 is 0 Å². The number of carbonyl (C=O) groups excluding carboxylic acids is 2. The average Bonchev–Trinajstić information content (AvgIpc) is 2.98. The molecule has 0 aliphatic heterocycles. The minimum atomic E-state index is -4.17. The number of carbonyl (C=O) groups is 2. The summed E-state index contributed by atoms with van der Waals surface area (Å²) >= 11 is 0. The van der Waals surface area contributed by atoms with Crippen molar-refractivity contribution < 1.29 is 22.4 Å². The van der Waals surface area contributed by atoms with E-state index < -0.39 is 40.2 Å². The van der Waals surface area contributed by atoms with Crippen molar-refractivity contribution in [1.29, 1.82) is 0 Å². The number of hydrogen-bond donors (Lipinski definition) is 1. The molecule has 0 aromatic heterocycles. The van der Waals surface area contributed by atoms with Gasteiger partial charge in [0, 0.05) is 20.0 Å². The van der Waals surface area contributed by atoms with Crippen molar-refractivity contribution in [2.45, 2.75) is 37.8 Å². The second kappa shape index (κ2) is 13.4. The third-order valence-corrected chi connectivity index (χ3v) is 8.68. The first-order chi connectivity index (χ1) is 20.1. The zero-order valence-corrected chi connectivity index (χ0v) is 24.6. The van der Waals surface area contributed by atoms with Crippen LogP contribution in [0, 0.1) is 19.7 Å². The fraction of sp³-hybridized carbons (Fsp3) is 0.212. The smallest absolute Gasteiger partial charge is 0.264 e. The van der Waals surface area contributed by atoms with E-state index in [0.29, 0.717) is 11.3 Å². The zero-order valence-electron chi connectivity index (χ0n) is 23.8. The molecule has 7 nitrogen and oxygen atoms in total. The predicted molar refractivity (Wildman–Crippen MR) is 162 cm³/mol.